The third-order valence-electron chi connectivity index (χ3n) is 5.77. The van der Waals surface area contributed by atoms with E-state index in [-0.39, 0.29) is 18.3 Å². The van der Waals surface area contributed by atoms with Crippen LogP contribution in [-0.4, -0.2) is 12.7 Å². The van der Waals surface area contributed by atoms with Crippen molar-refractivity contribution in [3.63, 3.8) is 0 Å². The Balaban J connectivity index is 1.41. The Labute approximate surface area is 176 Å². The van der Waals surface area contributed by atoms with E-state index < -0.39 is 17.2 Å². The Hall–Kier alpha value is -3.48. The van der Waals surface area contributed by atoms with Gasteiger partial charge in [0.15, 0.2) is 11.5 Å². The highest BCUT2D eigenvalue weighted by atomic mass is 19.4. The molecule has 0 radical (unpaired) electrons. The van der Waals surface area contributed by atoms with Crippen molar-refractivity contribution >= 4 is 11.6 Å². The lowest BCUT2D eigenvalue weighted by Crippen LogP contribution is -2.27. The van der Waals surface area contributed by atoms with Crippen molar-refractivity contribution in [1.82, 2.24) is 0 Å². The van der Waals surface area contributed by atoms with Gasteiger partial charge in [0, 0.05) is 5.69 Å². The molecule has 4 nitrogen and oxygen atoms in total. The van der Waals surface area contributed by atoms with Crippen LogP contribution in [0.4, 0.5) is 18.9 Å². The standard InChI is InChI=1S/C24H18F3NO3/c25-24(26,27)19-7-2-1-6-18(19)15-4-3-5-17(12-15)28-22(29)23(10-11-23)16-8-9-20-21(13-16)31-14-30-20/h1-9,12-13H,10-11,14H2,(H,28,29). The molecule has 1 amide bonds. The molecule has 3 aromatic rings. The van der Waals surface area contributed by atoms with E-state index in [1.807, 2.05) is 12.1 Å². The van der Waals surface area contributed by atoms with E-state index in [9.17, 15) is 18.0 Å². The molecule has 0 spiro atoms. The lowest BCUT2D eigenvalue weighted by atomic mass is 9.94. The minimum Gasteiger partial charge on any atom is -0.454 e. The van der Waals surface area contributed by atoms with Crippen LogP contribution >= 0.6 is 0 Å². The van der Waals surface area contributed by atoms with Gasteiger partial charge in [-0.05, 0) is 59.9 Å². The summed E-state index contributed by atoms with van der Waals surface area (Å²) < 4.78 is 51.0. The first-order valence-corrected chi connectivity index (χ1v) is 9.85. The Kier molecular flexibility index (Phi) is 4.43. The summed E-state index contributed by atoms with van der Waals surface area (Å²) >= 11 is 0. The maximum absolute atomic E-state index is 13.4. The molecule has 3 aromatic carbocycles. The van der Waals surface area contributed by atoms with Crippen LogP contribution in [0.2, 0.25) is 0 Å². The highest BCUT2D eigenvalue weighted by Gasteiger charge is 2.51. The van der Waals surface area contributed by atoms with Gasteiger partial charge < -0.3 is 14.8 Å². The molecule has 1 aliphatic carbocycles. The van der Waals surface area contributed by atoms with Gasteiger partial charge in [0.1, 0.15) is 0 Å². The van der Waals surface area contributed by atoms with E-state index in [0.29, 0.717) is 35.6 Å². The van der Waals surface area contributed by atoms with Crippen molar-refractivity contribution in [3.05, 3.63) is 77.9 Å². The van der Waals surface area contributed by atoms with Gasteiger partial charge in [-0.25, -0.2) is 0 Å². The zero-order valence-electron chi connectivity index (χ0n) is 16.3. The van der Waals surface area contributed by atoms with Gasteiger partial charge in [-0.2, -0.15) is 13.2 Å². The Bertz CT molecular complexity index is 1170. The predicted octanol–water partition coefficient (Wildman–Crippen LogP) is 5.77. The van der Waals surface area contributed by atoms with Crippen molar-refractivity contribution in [2.75, 3.05) is 12.1 Å². The molecule has 0 unspecified atom stereocenters. The van der Waals surface area contributed by atoms with Crippen LogP contribution in [0.15, 0.2) is 66.7 Å². The topological polar surface area (TPSA) is 47.6 Å². The minimum absolute atomic E-state index is 0.0722. The summed E-state index contributed by atoms with van der Waals surface area (Å²) in [5, 5.41) is 2.89. The zero-order valence-corrected chi connectivity index (χ0v) is 16.3. The van der Waals surface area contributed by atoms with E-state index in [4.69, 9.17) is 9.47 Å². The molecule has 0 bridgehead atoms. The molecular weight excluding hydrogens is 407 g/mol. The highest BCUT2D eigenvalue weighted by Crippen LogP contribution is 2.51. The molecule has 1 N–H and O–H groups in total. The fourth-order valence-corrected chi connectivity index (χ4v) is 3.96. The number of anilines is 1. The number of fused-ring (bicyclic) bond motifs is 1. The zero-order chi connectivity index (χ0) is 21.6. The van der Waals surface area contributed by atoms with Crippen LogP contribution in [-0.2, 0) is 16.4 Å². The van der Waals surface area contributed by atoms with E-state index in [1.54, 1.807) is 36.4 Å². The molecule has 1 aliphatic heterocycles. The number of hydrogen-bond acceptors (Lipinski definition) is 3. The van der Waals surface area contributed by atoms with Gasteiger partial charge in [0.2, 0.25) is 12.7 Å². The number of benzene rings is 3. The Morgan fingerprint density at radius 3 is 2.45 bits per heavy atom. The van der Waals surface area contributed by atoms with Gasteiger partial charge in [-0.1, -0.05) is 36.4 Å². The number of carbonyl (C=O) groups excluding carboxylic acids is 1. The summed E-state index contributed by atoms with van der Waals surface area (Å²) in [4.78, 5) is 13.1. The number of amides is 1. The summed E-state index contributed by atoms with van der Waals surface area (Å²) in [6.07, 6.45) is -3.09. The van der Waals surface area contributed by atoms with E-state index in [1.165, 1.54) is 12.1 Å². The molecule has 1 fully saturated rings. The summed E-state index contributed by atoms with van der Waals surface area (Å²) in [7, 11) is 0. The molecule has 0 saturated heterocycles. The molecule has 1 heterocycles. The molecule has 5 rings (SSSR count). The average Bonchev–Trinajstić information content (AvgIpc) is 3.44. The quantitative estimate of drug-likeness (QED) is 0.577. The average molecular weight is 425 g/mol. The lowest BCUT2D eigenvalue weighted by molar-refractivity contribution is -0.137. The number of halogens is 3. The summed E-state index contributed by atoms with van der Waals surface area (Å²) in [6.45, 7) is 0.157. The maximum atomic E-state index is 13.4. The Morgan fingerprint density at radius 1 is 0.903 bits per heavy atom. The van der Waals surface area contributed by atoms with Crippen molar-refractivity contribution in [2.24, 2.45) is 0 Å². The first kappa shape index (κ1) is 19.5. The van der Waals surface area contributed by atoms with Crippen molar-refractivity contribution in [1.29, 1.82) is 0 Å². The van der Waals surface area contributed by atoms with Crippen LogP contribution in [0.3, 0.4) is 0 Å². The molecule has 0 atom stereocenters. The van der Waals surface area contributed by atoms with Gasteiger partial charge in [-0.15, -0.1) is 0 Å². The number of ether oxygens (including phenoxy) is 2. The molecule has 7 heteroatoms. The number of hydrogen-bond donors (Lipinski definition) is 1. The van der Waals surface area contributed by atoms with Gasteiger partial charge in [-0.3, -0.25) is 4.79 Å². The van der Waals surface area contributed by atoms with Crippen LogP contribution < -0.4 is 14.8 Å². The number of nitrogens with one attached hydrogen (secondary N) is 1. The van der Waals surface area contributed by atoms with Gasteiger partial charge in [0.25, 0.3) is 0 Å². The largest absolute Gasteiger partial charge is 0.454 e. The molecule has 31 heavy (non-hydrogen) atoms. The van der Waals surface area contributed by atoms with Crippen LogP contribution in [0, 0.1) is 0 Å². The second kappa shape index (κ2) is 7.04. The third kappa shape index (κ3) is 3.50. The predicted molar refractivity (Wildman–Crippen MR) is 109 cm³/mol. The first-order valence-electron chi connectivity index (χ1n) is 9.85. The second-order valence-electron chi connectivity index (χ2n) is 7.73. The monoisotopic (exact) mass is 425 g/mol. The summed E-state index contributed by atoms with van der Waals surface area (Å²) in [5.74, 6) is 1.07. The fourth-order valence-electron chi connectivity index (χ4n) is 3.96. The number of carbonyl (C=O) groups is 1. The SMILES string of the molecule is O=C(Nc1cccc(-c2ccccc2C(F)(F)F)c1)C1(c2ccc3c(c2)OCO3)CC1. The van der Waals surface area contributed by atoms with Crippen molar-refractivity contribution in [2.45, 2.75) is 24.4 Å². The van der Waals surface area contributed by atoms with Gasteiger partial charge >= 0.3 is 6.18 Å². The smallest absolute Gasteiger partial charge is 0.417 e. The fraction of sp³-hybridized carbons (Fsp3) is 0.208. The minimum atomic E-state index is -4.47. The van der Waals surface area contributed by atoms with E-state index >= 15 is 0 Å². The second-order valence-corrected chi connectivity index (χ2v) is 7.73. The summed E-state index contributed by atoms with van der Waals surface area (Å²) in [5.41, 5.74) is 0.374. The maximum Gasteiger partial charge on any atom is 0.417 e. The van der Waals surface area contributed by atoms with Gasteiger partial charge in [0.05, 0.1) is 11.0 Å². The molecule has 0 aromatic heterocycles. The lowest BCUT2D eigenvalue weighted by Gasteiger charge is -2.17. The van der Waals surface area contributed by atoms with Crippen molar-refractivity contribution in [3.8, 4) is 22.6 Å². The van der Waals surface area contributed by atoms with Crippen molar-refractivity contribution < 1.29 is 27.4 Å². The number of alkyl halides is 3. The van der Waals surface area contributed by atoms with E-state index in [0.717, 1.165) is 11.6 Å². The third-order valence-corrected chi connectivity index (χ3v) is 5.77. The van der Waals surface area contributed by atoms with E-state index in [2.05, 4.69) is 5.32 Å². The first-order chi connectivity index (χ1) is 14.9. The normalized spacial score (nSPS) is 16.1. The summed E-state index contributed by atoms with van der Waals surface area (Å²) in [6, 6.07) is 17.4. The molecule has 1 saturated carbocycles. The molecular formula is C24H18F3NO3. The van der Waals surface area contributed by atoms with Crippen LogP contribution in [0.5, 0.6) is 11.5 Å². The molecule has 2 aliphatic rings. The number of rotatable bonds is 4. The van der Waals surface area contributed by atoms with Crippen LogP contribution in [0.1, 0.15) is 24.0 Å². The molecule has 158 valence electrons. The Morgan fingerprint density at radius 2 is 1.68 bits per heavy atom. The highest BCUT2D eigenvalue weighted by molar-refractivity contribution is 6.01. The van der Waals surface area contributed by atoms with Crippen LogP contribution in [0.25, 0.3) is 11.1 Å².